The molecule has 0 heterocycles. The molecule has 7 heteroatoms. The minimum atomic E-state index is -1.08. The molecular formula is C35H43NO6. The van der Waals surface area contributed by atoms with Gasteiger partial charge in [0, 0.05) is 6.54 Å². The molecule has 0 unspecified atom stereocenters. The highest BCUT2D eigenvalue weighted by molar-refractivity contribution is 5.91. The molecule has 0 aromatic heterocycles. The first-order valence-electron chi connectivity index (χ1n) is 14.7. The summed E-state index contributed by atoms with van der Waals surface area (Å²) in [6, 6.07) is 21.4. The lowest BCUT2D eigenvalue weighted by molar-refractivity contribution is -0.144. The highest BCUT2D eigenvalue weighted by atomic mass is 16.5. The average Bonchev–Trinajstić information content (AvgIpc) is 2.95. The van der Waals surface area contributed by atoms with Crippen molar-refractivity contribution >= 4 is 17.8 Å². The summed E-state index contributed by atoms with van der Waals surface area (Å²) in [6.07, 6.45) is 5.94. The lowest BCUT2D eigenvalue weighted by Gasteiger charge is -2.22. The zero-order valence-corrected chi connectivity index (χ0v) is 25.2. The molecule has 0 saturated carbocycles. The minimum absolute atomic E-state index is 0.00487. The van der Waals surface area contributed by atoms with Crippen LogP contribution in [0.5, 0.6) is 11.5 Å². The highest BCUT2D eigenvalue weighted by Gasteiger charge is 2.19. The maximum atomic E-state index is 13.0. The largest absolute Gasteiger partial charge is 0.494 e. The number of nitrogens with zero attached hydrogens (tertiary/aromatic N) is 1. The van der Waals surface area contributed by atoms with Gasteiger partial charge < -0.3 is 19.5 Å². The third kappa shape index (κ3) is 10.7. The van der Waals surface area contributed by atoms with Gasteiger partial charge in [-0.2, -0.15) is 0 Å². The van der Waals surface area contributed by atoms with Gasteiger partial charge >= 0.3 is 11.9 Å². The van der Waals surface area contributed by atoms with Crippen molar-refractivity contribution in [2.45, 2.75) is 78.2 Å². The van der Waals surface area contributed by atoms with Crippen molar-refractivity contribution < 1.29 is 29.0 Å². The molecule has 224 valence electrons. The lowest BCUT2D eigenvalue weighted by atomic mass is 9.86. The Hall–Kier alpha value is -4.13. The van der Waals surface area contributed by atoms with Crippen molar-refractivity contribution in [1.29, 1.82) is 0 Å². The van der Waals surface area contributed by atoms with E-state index in [-0.39, 0.29) is 24.3 Å². The molecule has 0 spiro atoms. The summed E-state index contributed by atoms with van der Waals surface area (Å²) in [4.78, 5) is 38.5. The quantitative estimate of drug-likeness (QED) is 0.117. The first-order valence-corrected chi connectivity index (χ1v) is 14.7. The number of carbonyl (C=O) groups is 3. The van der Waals surface area contributed by atoms with Crippen LogP contribution in [0, 0.1) is 0 Å². The fourth-order valence-corrected chi connectivity index (χ4v) is 4.44. The van der Waals surface area contributed by atoms with Crippen molar-refractivity contribution in [3.8, 4) is 11.5 Å². The molecule has 0 fully saturated rings. The SMILES string of the molecule is CCCCCCCOc1ccc(C(=O)Oc2ccc(CN(CC(=O)O)C(=O)Cc3ccc(C(C)(C)C)cc3)cc2)cc1. The number of ether oxygens (including phenoxy) is 2. The Morgan fingerprint density at radius 3 is 1.95 bits per heavy atom. The Morgan fingerprint density at radius 2 is 1.36 bits per heavy atom. The van der Waals surface area contributed by atoms with Crippen LogP contribution in [0.15, 0.2) is 72.8 Å². The molecule has 0 aliphatic rings. The van der Waals surface area contributed by atoms with Gasteiger partial charge in [0.1, 0.15) is 18.0 Å². The van der Waals surface area contributed by atoms with Gasteiger partial charge in [0.25, 0.3) is 0 Å². The molecule has 1 N–H and O–H groups in total. The molecule has 0 atom stereocenters. The van der Waals surface area contributed by atoms with Crippen molar-refractivity contribution in [2.24, 2.45) is 0 Å². The van der Waals surface area contributed by atoms with Crippen LogP contribution < -0.4 is 9.47 Å². The van der Waals surface area contributed by atoms with Crippen molar-refractivity contribution in [2.75, 3.05) is 13.2 Å². The number of carboxylic acid groups (broad SMARTS) is 1. The zero-order valence-electron chi connectivity index (χ0n) is 25.2. The Morgan fingerprint density at radius 1 is 0.762 bits per heavy atom. The van der Waals surface area contributed by atoms with Crippen LogP contribution in [-0.4, -0.2) is 41.0 Å². The van der Waals surface area contributed by atoms with Crippen LogP contribution in [0.3, 0.4) is 0 Å². The molecule has 42 heavy (non-hydrogen) atoms. The first-order chi connectivity index (χ1) is 20.0. The third-order valence-corrected chi connectivity index (χ3v) is 6.97. The second-order valence-corrected chi connectivity index (χ2v) is 11.6. The van der Waals surface area contributed by atoms with Crippen molar-refractivity contribution in [3.05, 3.63) is 95.1 Å². The Bertz CT molecular complexity index is 1290. The van der Waals surface area contributed by atoms with Crippen LogP contribution in [0.1, 0.15) is 86.8 Å². The molecule has 0 saturated heterocycles. The van der Waals surface area contributed by atoms with Gasteiger partial charge in [0.2, 0.25) is 5.91 Å². The smallest absolute Gasteiger partial charge is 0.343 e. The molecule has 3 aromatic carbocycles. The van der Waals surface area contributed by atoms with Crippen LogP contribution >= 0.6 is 0 Å². The number of esters is 1. The van der Waals surface area contributed by atoms with Crippen LogP contribution in [-0.2, 0) is 28.0 Å². The standard InChI is InChI=1S/C35H43NO6/c1-5-6-7-8-9-22-41-30-20-14-28(15-21-30)34(40)42-31-18-12-27(13-19-31)24-36(25-33(38)39)32(37)23-26-10-16-29(17-11-26)35(2,3)4/h10-21H,5-9,22-25H2,1-4H3,(H,38,39). The second-order valence-electron chi connectivity index (χ2n) is 11.6. The van der Waals surface area contributed by atoms with E-state index < -0.39 is 18.5 Å². The first kappa shape index (κ1) is 32.4. The Kier molecular flexibility index (Phi) is 12.1. The number of rotatable bonds is 15. The molecule has 0 aliphatic carbocycles. The fraction of sp³-hybridized carbons (Fsp3) is 0.400. The van der Waals surface area contributed by atoms with Crippen LogP contribution in [0.25, 0.3) is 0 Å². The summed E-state index contributed by atoms with van der Waals surface area (Å²) >= 11 is 0. The minimum Gasteiger partial charge on any atom is -0.494 e. The second kappa shape index (κ2) is 15.8. The molecule has 3 rings (SSSR count). The van der Waals surface area contributed by atoms with Gasteiger partial charge in [-0.05, 0) is 64.9 Å². The van der Waals surface area contributed by atoms with E-state index in [9.17, 15) is 19.5 Å². The number of aliphatic carboxylic acids is 1. The summed E-state index contributed by atoms with van der Waals surface area (Å²) in [5.41, 5.74) is 3.13. The number of carboxylic acids is 1. The number of hydrogen-bond donors (Lipinski definition) is 1. The van der Waals surface area contributed by atoms with Gasteiger partial charge in [-0.25, -0.2) is 4.79 Å². The van der Waals surface area contributed by atoms with Crippen LogP contribution in [0.4, 0.5) is 0 Å². The number of carbonyl (C=O) groups excluding carboxylic acids is 2. The summed E-state index contributed by atoms with van der Waals surface area (Å²) in [7, 11) is 0. The third-order valence-electron chi connectivity index (χ3n) is 6.97. The highest BCUT2D eigenvalue weighted by Crippen LogP contribution is 2.23. The van der Waals surface area contributed by atoms with Gasteiger partial charge in [0.05, 0.1) is 18.6 Å². The van der Waals surface area contributed by atoms with E-state index in [0.29, 0.717) is 23.7 Å². The monoisotopic (exact) mass is 573 g/mol. The number of benzene rings is 3. The van der Waals surface area contributed by atoms with E-state index in [1.807, 2.05) is 24.3 Å². The van der Waals surface area contributed by atoms with Gasteiger partial charge in [0.15, 0.2) is 0 Å². The summed E-state index contributed by atoms with van der Waals surface area (Å²) < 4.78 is 11.3. The van der Waals surface area contributed by atoms with E-state index in [0.717, 1.165) is 29.5 Å². The van der Waals surface area contributed by atoms with E-state index in [1.54, 1.807) is 48.5 Å². The average molecular weight is 574 g/mol. The predicted molar refractivity (Wildman–Crippen MR) is 164 cm³/mol. The molecule has 0 radical (unpaired) electrons. The zero-order chi connectivity index (χ0) is 30.5. The van der Waals surface area contributed by atoms with Crippen LogP contribution in [0.2, 0.25) is 0 Å². The van der Waals surface area contributed by atoms with E-state index in [4.69, 9.17) is 9.47 Å². The summed E-state index contributed by atoms with van der Waals surface area (Å²) in [6.45, 7) is 8.93. The van der Waals surface area contributed by atoms with E-state index in [1.165, 1.54) is 24.2 Å². The molecule has 3 aromatic rings. The van der Waals surface area contributed by atoms with Gasteiger partial charge in [-0.3, -0.25) is 9.59 Å². The van der Waals surface area contributed by atoms with Gasteiger partial charge in [-0.1, -0.05) is 89.8 Å². The number of hydrogen-bond acceptors (Lipinski definition) is 5. The fourth-order valence-electron chi connectivity index (χ4n) is 4.44. The molecular weight excluding hydrogens is 530 g/mol. The maximum Gasteiger partial charge on any atom is 0.343 e. The van der Waals surface area contributed by atoms with Gasteiger partial charge in [-0.15, -0.1) is 0 Å². The number of unbranched alkanes of at least 4 members (excludes halogenated alkanes) is 4. The molecule has 7 nitrogen and oxygen atoms in total. The van der Waals surface area contributed by atoms with E-state index in [2.05, 4.69) is 27.7 Å². The topological polar surface area (TPSA) is 93.1 Å². The Labute approximate surface area is 249 Å². The number of amides is 1. The lowest BCUT2D eigenvalue weighted by Crippen LogP contribution is -2.36. The molecule has 0 bridgehead atoms. The van der Waals surface area contributed by atoms with Crippen molar-refractivity contribution in [1.82, 2.24) is 4.90 Å². The van der Waals surface area contributed by atoms with E-state index >= 15 is 0 Å². The normalized spacial score (nSPS) is 11.1. The Balaban J connectivity index is 1.54. The predicted octanol–water partition coefficient (Wildman–Crippen LogP) is 7.21. The van der Waals surface area contributed by atoms with Crippen molar-refractivity contribution in [3.63, 3.8) is 0 Å². The molecule has 0 aliphatic heterocycles. The summed E-state index contributed by atoms with van der Waals surface area (Å²) in [5, 5.41) is 9.39. The molecule has 1 amide bonds. The summed E-state index contributed by atoms with van der Waals surface area (Å²) in [5.74, 6) is -0.783. The maximum absolute atomic E-state index is 13.0.